The fourth-order valence-corrected chi connectivity index (χ4v) is 4.01. The highest BCUT2D eigenvalue weighted by Crippen LogP contribution is 2.38. The third-order valence-corrected chi connectivity index (χ3v) is 7.26. The molecule has 0 aromatic heterocycles. The normalized spacial score (nSPS) is 14.3. The molecule has 33 heavy (non-hydrogen) atoms. The second kappa shape index (κ2) is 10.2. The molecule has 1 aliphatic rings. The predicted molar refractivity (Wildman–Crippen MR) is 136 cm³/mol. The van der Waals surface area contributed by atoms with E-state index in [0.717, 1.165) is 13.6 Å². The molecule has 5 nitrogen and oxygen atoms in total. The van der Waals surface area contributed by atoms with E-state index in [9.17, 15) is 9.18 Å². The maximum absolute atomic E-state index is 13.1. The topological polar surface area (TPSA) is 57.1 Å². The molecular weight excluding hydrogens is 628 g/mol. The SMILES string of the molecule is COc1cc(/C=C2\N=C(c3ccc(I)c(Br)c3)OC2=O)cc(Cl)c1OCc1ccc(F)cc1. The first kappa shape index (κ1) is 23.7. The molecule has 168 valence electrons. The van der Waals surface area contributed by atoms with Crippen molar-refractivity contribution in [1.82, 2.24) is 0 Å². The Hall–Kier alpha value is -2.43. The minimum atomic E-state index is -0.564. The van der Waals surface area contributed by atoms with Gasteiger partial charge in [-0.3, -0.25) is 0 Å². The van der Waals surface area contributed by atoms with Crippen LogP contribution in [-0.4, -0.2) is 19.0 Å². The van der Waals surface area contributed by atoms with Crippen LogP contribution in [0.4, 0.5) is 4.39 Å². The molecule has 0 fully saturated rings. The van der Waals surface area contributed by atoms with Gasteiger partial charge in [0.15, 0.2) is 17.2 Å². The first-order chi connectivity index (χ1) is 15.8. The summed E-state index contributed by atoms with van der Waals surface area (Å²) in [6.45, 7) is 0.183. The van der Waals surface area contributed by atoms with Gasteiger partial charge in [0.1, 0.15) is 12.4 Å². The summed E-state index contributed by atoms with van der Waals surface area (Å²) in [6.07, 6.45) is 1.56. The number of halogens is 4. The summed E-state index contributed by atoms with van der Waals surface area (Å²) in [5.74, 6) is 0.0610. The fourth-order valence-electron chi connectivity index (χ4n) is 3.02. The van der Waals surface area contributed by atoms with Crippen LogP contribution >= 0.6 is 50.1 Å². The number of esters is 1. The first-order valence-corrected chi connectivity index (χ1v) is 11.8. The molecule has 0 saturated carbocycles. The Morgan fingerprint density at radius 3 is 2.64 bits per heavy atom. The Morgan fingerprint density at radius 2 is 1.94 bits per heavy atom. The van der Waals surface area contributed by atoms with Gasteiger partial charge in [0.25, 0.3) is 0 Å². The second-order valence-corrected chi connectivity index (χ2v) is 9.34. The number of nitrogens with zero attached hydrogens (tertiary/aromatic N) is 1. The maximum Gasteiger partial charge on any atom is 0.363 e. The van der Waals surface area contributed by atoms with Crippen molar-refractivity contribution in [3.63, 3.8) is 0 Å². The molecule has 0 N–H and O–H groups in total. The van der Waals surface area contributed by atoms with Crippen LogP contribution in [0.25, 0.3) is 6.08 Å². The molecule has 4 rings (SSSR count). The van der Waals surface area contributed by atoms with Crippen molar-refractivity contribution in [3.8, 4) is 11.5 Å². The molecule has 0 aliphatic carbocycles. The summed E-state index contributed by atoms with van der Waals surface area (Å²) in [6, 6.07) is 14.9. The van der Waals surface area contributed by atoms with Crippen molar-refractivity contribution >= 4 is 68.1 Å². The lowest BCUT2D eigenvalue weighted by molar-refractivity contribution is -0.129. The Labute approximate surface area is 216 Å². The molecule has 0 atom stereocenters. The summed E-state index contributed by atoms with van der Waals surface area (Å²) in [5, 5.41) is 0.292. The van der Waals surface area contributed by atoms with Gasteiger partial charge in [-0.25, -0.2) is 14.2 Å². The monoisotopic (exact) mass is 641 g/mol. The highest BCUT2D eigenvalue weighted by Gasteiger charge is 2.25. The lowest BCUT2D eigenvalue weighted by Crippen LogP contribution is -2.05. The molecule has 3 aromatic carbocycles. The molecular formula is C24H15BrClFINO4. The molecule has 0 spiro atoms. The van der Waals surface area contributed by atoms with Gasteiger partial charge in [0, 0.05) is 13.6 Å². The van der Waals surface area contributed by atoms with E-state index in [2.05, 4.69) is 43.5 Å². The van der Waals surface area contributed by atoms with Crippen LogP contribution in [0, 0.1) is 9.39 Å². The van der Waals surface area contributed by atoms with Gasteiger partial charge in [-0.05, 0) is 98.2 Å². The van der Waals surface area contributed by atoms with Gasteiger partial charge in [-0.1, -0.05) is 23.7 Å². The van der Waals surface area contributed by atoms with Crippen LogP contribution in [0.2, 0.25) is 5.02 Å². The van der Waals surface area contributed by atoms with E-state index in [1.807, 2.05) is 18.2 Å². The Balaban J connectivity index is 1.59. The smallest absolute Gasteiger partial charge is 0.363 e. The average molecular weight is 643 g/mol. The van der Waals surface area contributed by atoms with E-state index < -0.39 is 5.97 Å². The lowest BCUT2D eigenvalue weighted by atomic mass is 10.1. The third-order valence-electron chi connectivity index (χ3n) is 4.64. The Morgan fingerprint density at radius 1 is 1.18 bits per heavy atom. The minimum absolute atomic E-state index is 0.137. The average Bonchev–Trinajstić information content (AvgIpc) is 3.15. The van der Waals surface area contributed by atoms with Crippen LogP contribution in [0.15, 0.2) is 69.8 Å². The molecule has 9 heteroatoms. The van der Waals surface area contributed by atoms with Crippen molar-refractivity contribution in [2.75, 3.05) is 7.11 Å². The van der Waals surface area contributed by atoms with Gasteiger partial charge >= 0.3 is 5.97 Å². The van der Waals surface area contributed by atoms with Crippen LogP contribution < -0.4 is 9.47 Å². The van der Waals surface area contributed by atoms with E-state index in [-0.39, 0.29) is 24.0 Å². The van der Waals surface area contributed by atoms with Crippen molar-refractivity contribution in [2.24, 2.45) is 4.99 Å². The van der Waals surface area contributed by atoms with Crippen LogP contribution in [0.5, 0.6) is 11.5 Å². The molecule has 1 heterocycles. The van der Waals surface area contributed by atoms with Gasteiger partial charge in [0.2, 0.25) is 5.90 Å². The van der Waals surface area contributed by atoms with E-state index in [0.29, 0.717) is 27.6 Å². The molecule has 0 bridgehead atoms. The maximum atomic E-state index is 13.1. The van der Waals surface area contributed by atoms with Crippen molar-refractivity contribution in [3.05, 3.63) is 95.9 Å². The third kappa shape index (κ3) is 5.56. The number of benzene rings is 3. The zero-order chi connectivity index (χ0) is 23.5. The van der Waals surface area contributed by atoms with E-state index in [1.165, 1.54) is 19.2 Å². The van der Waals surface area contributed by atoms with Crippen molar-refractivity contribution in [1.29, 1.82) is 0 Å². The summed E-state index contributed by atoms with van der Waals surface area (Å²) in [4.78, 5) is 16.7. The second-order valence-electron chi connectivity index (χ2n) is 6.91. The molecule has 3 aromatic rings. The summed E-state index contributed by atoms with van der Waals surface area (Å²) >= 11 is 12.1. The lowest BCUT2D eigenvalue weighted by Gasteiger charge is -2.13. The number of ether oxygens (including phenoxy) is 3. The number of rotatable bonds is 6. The van der Waals surface area contributed by atoms with Crippen LogP contribution in [0.1, 0.15) is 16.7 Å². The van der Waals surface area contributed by atoms with Gasteiger partial charge in [-0.2, -0.15) is 0 Å². The molecule has 1 aliphatic heterocycles. The van der Waals surface area contributed by atoms with Crippen LogP contribution in [0.3, 0.4) is 0 Å². The Bertz CT molecular complexity index is 1290. The van der Waals surface area contributed by atoms with Gasteiger partial charge in [0.05, 0.1) is 12.1 Å². The van der Waals surface area contributed by atoms with Crippen LogP contribution in [-0.2, 0) is 16.1 Å². The molecule has 0 amide bonds. The van der Waals surface area contributed by atoms with E-state index in [4.69, 9.17) is 25.8 Å². The van der Waals surface area contributed by atoms with E-state index in [1.54, 1.807) is 30.3 Å². The zero-order valence-electron chi connectivity index (χ0n) is 17.1. The largest absolute Gasteiger partial charge is 0.493 e. The zero-order valence-corrected chi connectivity index (χ0v) is 21.6. The Kier molecular flexibility index (Phi) is 7.35. The summed E-state index contributed by atoms with van der Waals surface area (Å²) in [5.41, 5.74) is 2.18. The number of hydrogen-bond acceptors (Lipinski definition) is 5. The predicted octanol–water partition coefficient (Wildman–Crippen LogP) is 6.78. The molecule has 0 radical (unpaired) electrons. The molecule has 0 unspecified atom stereocenters. The first-order valence-electron chi connectivity index (χ1n) is 9.57. The van der Waals surface area contributed by atoms with Crippen molar-refractivity contribution < 1.29 is 23.4 Å². The van der Waals surface area contributed by atoms with E-state index >= 15 is 0 Å². The quantitative estimate of drug-likeness (QED) is 0.169. The summed E-state index contributed by atoms with van der Waals surface area (Å²) < 4.78 is 31.6. The highest BCUT2D eigenvalue weighted by atomic mass is 127. The molecule has 0 saturated heterocycles. The number of methoxy groups -OCH3 is 1. The number of hydrogen-bond donors (Lipinski definition) is 0. The number of cyclic esters (lactones) is 1. The standard InChI is InChI=1S/C24H15BrClFINO4/c1-31-21-10-14(8-18(26)22(21)32-12-13-2-5-16(27)6-3-13)9-20-24(30)33-23(29-20)15-4-7-19(28)17(25)11-15/h2-11H,12H2,1H3/b20-9-. The van der Waals surface area contributed by atoms with Gasteiger partial charge in [-0.15, -0.1) is 0 Å². The minimum Gasteiger partial charge on any atom is -0.493 e. The van der Waals surface area contributed by atoms with Gasteiger partial charge < -0.3 is 14.2 Å². The van der Waals surface area contributed by atoms with Crippen molar-refractivity contribution in [2.45, 2.75) is 6.61 Å². The number of aliphatic imine (C=N–C) groups is 1. The highest BCUT2D eigenvalue weighted by molar-refractivity contribution is 14.1. The summed E-state index contributed by atoms with van der Waals surface area (Å²) in [7, 11) is 1.49. The fraction of sp³-hybridized carbons (Fsp3) is 0.0833. The number of carbonyl (C=O) groups is 1. The number of carbonyl (C=O) groups excluding carboxylic acids is 1.